The number of hydrogen-bond acceptors (Lipinski definition) is 3. The lowest BCUT2D eigenvalue weighted by Gasteiger charge is -2.21. The molecule has 10 aromatic carbocycles. The Labute approximate surface area is 367 Å². The molecule has 0 atom stereocenters. The second-order valence-electron chi connectivity index (χ2n) is 17.2. The molecule has 1 aliphatic carbocycles. The van der Waals surface area contributed by atoms with Gasteiger partial charge >= 0.3 is 0 Å². The number of rotatable bonds is 6. The van der Waals surface area contributed by atoms with Gasteiger partial charge in [0.1, 0.15) is 0 Å². The van der Waals surface area contributed by atoms with E-state index in [9.17, 15) is 0 Å². The largest absolute Gasteiger partial charge is 0.208 e. The van der Waals surface area contributed by atoms with Crippen molar-refractivity contribution < 1.29 is 0 Å². The van der Waals surface area contributed by atoms with Crippen LogP contribution >= 0.6 is 0 Å². The summed E-state index contributed by atoms with van der Waals surface area (Å²) in [5.41, 5.74) is 15.2. The molecule has 0 N–H and O–H groups in total. The van der Waals surface area contributed by atoms with Crippen LogP contribution in [0.15, 0.2) is 212 Å². The zero-order valence-corrected chi connectivity index (χ0v) is 35.0. The maximum absolute atomic E-state index is 5.19. The van der Waals surface area contributed by atoms with Crippen LogP contribution in [0, 0.1) is 0 Å². The van der Waals surface area contributed by atoms with Crippen molar-refractivity contribution >= 4 is 32.3 Å². The van der Waals surface area contributed by atoms with E-state index < -0.39 is 0 Å². The molecule has 1 aromatic heterocycles. The van der Waals surface area contributed by atoms with Crippen molar-refractivity contribution in [3.8, 4) is 78.7 Å². The van der Waals surface area contributed by atoms with Gasteiger partial charge < -0.3 is 0 Å². The van der Waals surface area contributed by atoms with Crippen molar-refractivity contribution in [2.45, 2.75) is 19.3 Å². The first kappa shape index (κ1) is 36.8. The van der Waals surface area contributed by atoms with Gasteiger partial charge in [-0.3, -0.25) is 0 Å². The van der Waals surface area contributed by atoms with Gasteiger partial charge in [-0.1, -0.05) is 220 Å². The van der Waals surface area contributed by atoms with Crippen LogP contribution in [0.2, 0.25) is 0 Å². The van der Waals surface area contributed by atoms with E-state index in [0.29, 0.717) is 17.5 Å². The third-order valence-corrected chi connectivity index (χ3v) is 13.1. The Morgan fingerprint density at radius 3 is 1.46 bits per heavy atom. The molecule has 0 bridgehead atoms. The molecule has 0 saturated heterocycles. The first-order chi connectivity index (χ1) is 31.0. The van der Waals surface area contributed by atoms with E-state index in [4.69, 9.17) is 15.0 Å². The average molecular weight is 804 g/mol. The zero-order valence-electron chi connectivity index (χ0n) is 35.0. The van der Waals surface area contributed by atoms with Crippen molar-refractivity contribution in [2.75, 3.05) is 0 Å². The van der Waals surface area contributed by atoms with Crippen molar-refractivity contribution in [1.29, 1.82) is 0 Å². The van der Waals surface area contributed by atoms with Gasteiger partial charge in [0.15, 0.2) is 17.5 Å². The fourth-order valence-corrected chi connectivity index (χ4v) is 9.92. The first-order valence-corrected chi connectivity index (χ1v) is 21.7. The summed E-state index contributed by atoms with van der Waals surface area (Å²) < 4.78 is 0. The van der Waals surface area contributed by atoms with E-state index in [1.807, 2.05) is 6.07 Å². The van der Waals surface area contributed by atoms with Crippen molar-refractivity contribution in [3.63, 3.8) is 0 Å². The Hall–Kier alpha value is -8.01. The summed E-state index contributed by atoms with van der Waals surface area (Å²) in [6.45, 7) is 4.66. The van der Waals surface area contributed by atoms with Crippen LogP contribution in [0.3, 0.4) is 0 Å². The number of aromatic nitrogens is 3. The lowest BCUT2D eigenvalue weighted by molar-refractivity contribution is 0.660. The molecule has 3 heteroatoms. The van der Waals surface area contributed by atoms with Crippen molar-refractivity contribution in [1.82, 2.24) is 15.0 Å². The van der Waals surface area contributed by atoms with Gasteiger partial charge in [0, 0.05) is 22.1 Å². The zero-order chi connectivity index (χ0) is 42.1. The number of benzene rings is 10. The Morgan fingerprint density at radius 2 is 0.778 bits per heavy atom. The van der Waals surface area contributed by atoms with Gasteiger partial charge in [0.25, 0.3) is 0 Å². The Bertz CT molecular complexity index is 3550. The van der Waals surface area contributed by atoms with Gasteiger partial charge in [-0.15, -0.1) is 0 Å². The smallest absolute Gasteiger partial charge is 0.164 e. The summed E-state index contributed by atoms with van der Waals surface area (Å²) in [4.78, 5) is 15.5. The highest BCUT2D eigenvalue weighted by molar-refractivity contribution is 6.20. The van der Waals surface area contributed by atoms with Gasteiger partial charge in [-0.2, -0.15) is 0 Å². The molecule has 1 aliphatic rings. The number of fused-ring (bicyclic) bond motifs is 7. The van der Waals surface area contributed by atoms with Crippen LogP contribution in [-0.2, 0) is 5.41 Å². The van der Waals surface area contributed by atoms with Crippen LogP contribution in [0.4, 0.5) is 0 Å². The second-order valence-corrected chi connectivity index (χ2v) is 17.2. The third-order valence-electron chi connectivity index (χ3n) is 13.1. The highest BCUT2D eigenvalue weighted by Crippen LogP contribution is 2.52. The van der Waals surface area contributed by atoms with Gasteiger partial charge in [-0.25, -0.2) is 15.0 Å². The molecule has 11 aromatic rings. The molecule has 63 heavy (non-hydrogen) atoms. The predicted molar refractivity (Wildman–Crippen MR) is 263 cm³/mol. The summed E-state index contributed by atoms with van der Waals surface area (Å²) in [6, 6.07) is 76.2. The topological polar surface area (TPSA) is 38.7 Å². The molecule has 12 rings (SSSR count). The number of hydrogen-bond donors (Lipinski definition) is 0. The minimum Gasteiger partial charge on any atom is -0.208 e. The maximum Gasteiger partial charge on any atom is 0.164 e. The van der Waals surface area contributed by atoms with Crippen LogP contribution in [0.1, 0.15) is 25.0 Å². The van der Waals surface area contributed by atoms with Crippen LogP contribution in [0.25, 0.3) is 111 Å². The normalized spacial score (nSPS) is 12.7. The van der Waals surface area contributed by atoms with Crippen molar-refractivity contribution in [2.24, 2.45) is 0 Å². The minimum atomic E-state index is -0.0609. The van der Waals surface area contributed by atoms with Crippen molar-refractivity contribution in [3.05, 3.63) is 223 Å². The quantitative estimate of drug-likeness (QED) is 0.124. The van der Waals surface area contributed by atoms with Gasteiger partial charge in [0.2, 0.25) is 0 Å². The maximum atomic E-state index is 5.19. The Balaban J connectivity index is 0.966. The highest BCUT2D eigenvalue weighted by atomic mass is 15.0. The molecule has 0 fully saturated rings. The Kier molecular flexibility index (Phi) is 8.52. The first-order valence-electron chi connectivity index (χ1n) is 21.7. The molecular formula is C60H41N3. The van der Waals surface area contributed by atoms with Gasteiger partial charge in [-0.05, 0) is 94.0 Å². The van der Waals surface area contributed by atoms with Crippen LogP contribution in [0.5, 0.6) is 0 Å². The molecule has 0 spiro atoms. The number of nitrogens with zero attached hydrogens (tertiary/aromatic N) is 3. The monoisotopic (exact) mass is 803 g/mol. The Morgan fingerprint density at radius 1 is 0.286 bits per heavy atom. The molecule has 0 radical (unpaired) electrons. The predicted octanol–water partition coefficient (Wildman–Crippen LogP) is 15.6. The van der Waals surface area contributed by atoms with E-state index in [-0.39, 0.29) is 5.41 Å². The molecule has 0 amide bonds. The van der Waals surface area contributed by atoms with Crippen LogP contribution in [-0.4, -0.2) is 15.0 Å². The molecule has 0 unspecified atom stereocenters. The summed E-state index contributed by atoms with van der Waals surface area (Å²) in [5.74, 6) is 1.90. The third kappa shape index (κ3) is 6.15. The second kappa shape index (κ2) is 14.6. The summed E-state index contributed by atoms with van der Waals surface area (Å²) in [6.07, 6.45) is 0. The molecule has 1 heterocycles. The summed E-state index contributed by atoms with van der Waals surface area (Å²) in [7, 11) is 0. The molecule has 0 aliphatic heterocycles. The molecular weight excluding hydrogens is 763 g/mol. The van der Waals surface area contributed by atoms with E-state index in [1.54, 1.807) is 0 Å². The van der Waals surface area contributed by atoms with E-state index in [2.05, 4.69) is 220 Å². The van der Waals surface area contributed by atoms with E-state index in [1.165, 1.54) is 76.8 Å². The minimum absolute atomic E-state index is 0.0609. The molecule has 0 saturated carbocycles. The average Bonchev–Trinajstić information content (AvgIpc) is 3.59. The fourth-order valence-electron chi connectivity index (χ4n) is 9.92. The lowest BCUT2D eigenvalue weighted by atomic mass is 9.82. The summed E-state index contributed by atoms with van der Waals surface area (Å²) >= 11 is 0. The SMILES string of the molecule is CC1(C)c2ccccc2-c2c(-c3ccc(-c4nc(-c5ccc(-c6ccccc6)cc5)nc(-c5ccc(-c6c7ccccc7cc7c6ccc6ccccc67)cc5)n4)cc3)cccc21. The molecule has 3 nitrogen and oxygen atoms in total. The highest BCUT2D eigenvalue weighted by Gasteiger charge is 2.36. The van der Waals surface area contributed by atoms with Gasteiger partial charge in [0.05, 0.1) is 0 Å². The molecule has 296 valence electrons. The summed E-state index contributed by atoms with van der Waals surface area (Å²) in [5, 5.41) is 7.45. The van der Waals surface area contributed by atoms with E-state index in [0.717, 1.165) is 27.8 Å². The standard InChI is InChI=1S/C60H41N3/c1-60(2)53-21-11-10-19-51(53)56-48(20-12-22-54(56)60)41-25-31-44(32-26-41)58-61-57(43-29-23-39(24-30-43)38-13-4-3-5-14-38)62-59(63-58)45-33-27-42(28-34-45)55-49-18-9-7-16-46(49)37-52-47-17-8-6-15-40(47)35-36-50(52)55/h3-37H,1-2H3. The van der Waals surface area contributed by atoms with Crippen LogP contribution < -0.4 is 0 Å². The lowest BCUT2D eigenvalue weighted by Crippen LogP contribution is -2.14. The fraction of sp³-hybridized carbons (Fsp3) is 0.0500. The van der Waals surface area contributed by atoms with E-state index >= 15 is 0 Å².